The minimum absolute atomic E-state index is 0.0360. The molecular weight excluding hydrogens is 152 g/mol. The summed E-state index contributed by atoms with van der Waals surface area (Å²) in [6.45, 7) is 1.94. The molecule has 1 aromatic rings. The molecule has 0 radical (unpaired) electrons. The van der Waals surface area contributed by atoms with Gasteiger partial charge in [0.2, 0.25) is 0 Å². The maximum Gasteiger partial charge on any atom is 0.0615 e. The van der Waals surface area contributed by atoms with Crippen LogP contribution in [-0.4, -0.2) is 16.7 Å². The number of aromatic nitrogens is 1. The lowest BCUT2D eigenvalue weighted by Crippen LogP contribution is -1.91. The first-order valence-electron chi connectivity index (χ1n) is 3.73. The number of nitrogens with zero attached hydrogens (tertiary/aromatic N) is 1. The van der Waals surface area contributed by atoms with Crippen LogP contribution >= 0.6 is 0 Å². The molecular formula is C9H12N2O. The Hall–Kier alpha value is -1.35. The van der Waals surface area contributed by atoms with E-state index in [2.05, 4.69) is 4.98 Å². The Labute approximate surface area is 71.6 Å². The van der Waals surface area contributed by atoms with E-state index in [0.717, 1.165) is 11.3 Å². The zero-order chi connectivity index (χ0) is 8.97. The van der Waals surface area contributed by atoms with Gasteiger partial charge in [0, 0.05) is 5.69 Å². The zero-order valence-electron chi connectivity index (χ0n) is 6.99. The van der Waals surface area contributed by atoms with Crippen molar-refractivity contribution in [1.29, 1.82) is 0 Å². The highest BCUT2D eigenvalue weighted by molar-refractivity contribution is 5.56. The molecule has 0 unspecified atom stereocenters. The molecule has 64 valence electrons. The van der Waals surface area contributed by atoms with Gasteiger partial charge in [-0.2, -0.15) is 0 Å². The molecule has 0 aliphatic rings. The van der Waals surface area contributed by atoms with Crippen LogP contribution in [0.25, 0.3) is 6.08 Å². The Morgan fingerprint density at radius 2 is 2.42 bits per heavy atom. The standard InChI is InChI=1S/C9H12N2O/c1-7-8(3-2-4-12)5-9(10)6-11-7/h2-3,5-6,12H,4,10H2,1H3. The van der Waals surface area contributed by atoms with Crippen LogP contribution in [-0.2, 0) is 0 Å². The van der Waals surface area contributed by atoms with Crippen molar-refractivity contribution in [2.45, 2.75) is 6.92 Å². The van der Waals surface area contributed by atoms with Crippen LogP contribution in [0.2, 0.25) is 0 Å². The Bertz CT molecular complexity index is 295. The molecule has 3 nitrogen and oxygen atoms in total. The summed E-state index contributed by atoms with van der Waals surface area (Å²) in [5.41, 5.74) is 8.04. The molecule has 0 aliphatic carbocycles. The van der Waals surface area contributed by atoms with Gasteiger partial charge in [0.1, 0.15) is 0 Å². The first-order chi connectivity index (χ1) is 5.74. The van der Waals surface area contributed by atoms with Gasteiger partial charge in [0.15, 0.2) is 0 Å². The number of nitrogens with two attached hydrogens (primary N) is 1. The summed E-state index contributed by atoms with van der Waals surface area (Å²) in [6, 6.07) is 1.83. The van der Waals surface area contributed by atoms with Gasteiger partial charge in [-0.05, 0) is 18.6 Å². The number of pyridine rings is 1. The summed E-state index contributed by atoms with van der Waals surface area (Å²) in [6.07, 6.45) is 5.08. The molecule has 0 bridgehead atoms. The Balaban J connectivity index is 2.97. The summed E-state index contributed by atoms with van der Waals surface area (Å²) in [4.78, 5) is 4.07. The number of aryl methyl sites for hydroxylation is 1. The smallest absolute Gasteiger partial charge is 0.0615 e. The maximum atomic E-state index is 8.55. The minimum atomic E-state index is 0.0360. The molecule has 3 N–H and O–H groups in total. The molecule has 0 saturated carbocycles. The first-order valence-corrected chi connectivity index (χ1v) is 3.73. The minimum Gasteiger partial charge on any atom is -0.397 e. The molecule has 1 heterocycles. The molecule has 1 rings (SSSR count). The van der Waals surface area contributed by atoms with Crippen molar-refractivity contribution in [2.24, 2.45) is 0 Å². The van der Waals surface area contributed by atoms with E-state index in [1.54, 1.807) is 18.3 Å². The number of aliphatic hydroxyl groups is 1. The van der Waals surface area contributed by atoms with Crippen LogP contribution in [0.5, 0.6) is 0 Å². The second-order valence-corrected chi connectivity index (χ2v) is 2.53. The van der Waals surface area contributed by atoms with Crippen LogP contribution < -0.4 is 5.73 Å². The van der Waals surface area contributed by atoms with E-state index in [9.17, 15) is 0 Å². The molecule has 3 heteroatoms. The summed E-state index contributed by atoms with van der Waals surface area (Å²) in [7, 11) is 0. The number of nitrogen functional groups attached to an aromatic ring is 1. The Morgan fingerprint density at radius 1 is 1.67 bits per heavy atom. The Morgan fingerprint density at radius 3 is 3.08 bits per heavy atom. The molecule has 0 aliphatic heterocycles. The van der Waals surface area contributed by atoms with Gasteiger partial charge in [-0.1, -0.05) is 12.2 Å². The van der Waals surface area contributed by atoms with Crippen molar-refractivity contribution in [1.82, 2.24) is 4.98 Å². The van der Waals surface area contributed by atoms with Gasteiger partial charge < -0.3 is 10.8 Å². The molecule has 12 heavy (non-hydrogen) atoms. The van der Waals surface area contributed by atoms with Gasteiger partial charge in [0.25, 0.3) is 0 Å². The normalized spacial score (nSPS) is 10.8. The average molecular weight is 164 g/mol. The monoisotopic (exact) mass is 164 g/mol. The number of anilines is 1. The van der Waals surface area contributed by atoms with Crippen LogP contribution in [0.1, 0.15) is 11.3 Å². The van der Waals surface area contributed by atoms with Crippen LogP contribution in [0, 0.1) is 6.92 Å². The van der Waals surface area contributed by atoms with Gasteiger partial charge >= 0.3 is 0 Å². The van der Waals surface area contributed by atoms with Crippen molar-refractivity contribution in [3.05, 3.63) is 29.6 Å². The van der Waals surface area contributed by atoms with Crippen LogP contribution in [0.3, 0.4) is 0 Å². The third-order valence-corrected chi connectivity index (χ3v) is 1.55. The van der Waals surface area contributed by atoms with Gasteiger partial charge in [-0.3, -0.25) is 4.98 Å². The topological polar surface area (TPSA) is 59.1 Å². The van der Waals surface area contributed by atoms with Crippen LogP contribution in [0.4, 0.5) is 5.69 Å². The SMILES string of the molecule is Cc1ncc(N)cc1C=CCO. The lowest BCUT2D eigenvalue weighted by molar-refractivity contribution is 0.343. The average Bonchev–Trinajstić information content (AvgIpc) is 2.07. The summed E-state index contributed by atoms with van der Waals surface area (Å²) >= 11 is 0. The van der Waals surface area contributed by atoms with Gasteiger partial charge in [-0.15, -0.1) is 0 Å². The third kappa shape index (κ3) is 2.07. The largest absolute Gasteiger partial charge is 0.397 e. The van der Waals surface area contributed by atoms with E-state index < -0.39 is 0 Å². The fourth-order valence-corrected chi connectivity index (χ4v) is 0.916. The molecule has 0 fully saturated rings. The summed E-state index contributed by atoms with van der Waals surface area (Å²) in [5, 5.41) is 8.55. The number of hydrogen-bond donors (Lipinski definition) is 2. The van der Waals surface area contributed by atoms with Gasteiger partial charge in [0.05, 0.1) is 18.5 Å². The molecule has 1 aromatic heterocycles. The fourth-order valence-electron chi connectivity index (χ4n) is 0.916. The van der Waals surface area contributed by atoms with E-state index in [1.807, 2.05) is 13.0 Å². The van der Waals surface area contributed by atoms with E-state index in [-0.39, 0.29) is 6.61 Å². The quantitative estimate of drug-likeness (QED) is 0.685. The third-order valence-electron chi connectivity index (χ3n) is 1.55. The molecule has 0 spiro atoms. The fraction of sp³-hybridized carbons (Fsp3) is 0.222. The molecule has 0 saturated heterocycles. The lowest BCUT2D eigenvalue weighted by Gasteiger charge is -1.99. The number of aliphatic hydroxyl groups excluding tert-OH is 1. The van der Waals surface area contributed by atoms with Crippen molar-refractivity contribution in [3.8, 4) is 0 Å². The number of rotatable bonds is 2. The highest BCUT2D eigenvalue weighted by Crippen LogP contribution is 2.10. The van der Waals surface area contributed by atoms with E-state index >= 15 is 0 Å². The predicted octanol–water partition coefficient (Wildman–Crippen LogP) is 0.978. The maximum absolute atomic E-state index is 8.55. The highest BCUT2D eigenvalue weighted by Gasteiger charge is 1.94. The van der Waals surface area contributed by atoms with Crippen molar-refractivity contribution in [2.75, 3.05) is 12.3 Å². The second kappa shape index (κ2) is 3.88. The van der Waals surface area contributed by atoms with E-state index in [4.69, 9.17) is 10.8 Å². The molecule has 0 aromatic carbocycles. The first kappa shape index (κ1) is 8.74. The number of hydrogen-bond acceptors (Lipinski definition) is 3. The molecule has 0 amide bonds. The van der Waals surface area contributed by atoms with E-state index in [1.165, 1.54) is 0 Å². The highest BCUT2D eigenvalue weighted by atomic mass is 16.2. The van der Waals surface area contributed by atoms with Crippen molar-refractivity contribution in [3.63, 3.8) is 0 Å². The van der Waals surface area contributed by atoms with Crippen molar-refractivity contribution >= 4 is 11.8 Å². The van der Waals surface area contributed by atoms with E-state index in [0.29, 0.717) is 5.69 Å². The predicted molar refractivity (Wildman–Crippen MR) is 49.5 cm³/mol. The lowest BCUT2D eigenvalue weighted by atomic mass is 10.2. The molecule has 0 atom stereocenters. The summed E-state index contributed by atoms with van der Waals surface area (Å²) < 4.78 is 0. The van der Waals surface area contributed by atoms with Crippen molar-refractivity contribution < 1.29 is 5.11 Å². The van der Waals surface area contributed by atoms with Gasteiger partial charge in [-0.25, -0.2) is 0 Å². The summed E-state index contributed by atoms with van der Waals surface area (Å²) in [5.74, 6) is 0. The zero-order valence-corrected chi connectivity index (χ0v) is 6.99. The Kier molecular flexibility index (Phi) is 2.82. The second-order valence-electron chi connectivity index (χ2n) is 2.53. The van der Waals surface area contributed by atoms with Crippen LogP contribution in [0.15, 0.2) is 18.3 Å².